The number of aromatic nitrogens is 1. The lowest BCUT2D eigenvalue weighted by atomic mass is 10.2. The highest BCUT2D eigenvalue weighted by Crippen LogP contribution is 2.17. The first kappa shape index (κ1) is 10.2. The Morgan fingerprint density at radius 2 is 2.33 bits per heavy atom. The molecule has 15 heavy (non-hydrogen) atoms. The summed E-state index contributed by atoms with van der Waals surface area (Å²) >= 11 is 7.37. The summed E-state index contributed by atoms with van der Waals surface area (Å²) in [5, 5.41) is 12.1. The average Bonchev–Trinajstić information content (AvgIpc) is 2.65. The molecule has 0 radical (unpaired) electrons. The molecule has 2 nitrogen and oxygen atoms in total. The van der Waals surface area contributed by atoms with Gasteiger partial charge in [-0.2, -0.15) is 5.26 Å². The summed E-state index contributed by atoms with van der Waals surface area (Å²) in [6.07, 6.45) is 0.729. The van der Waals surface area contributed by atoms with E-state index in [-0.39, 0.29) is 0 Å². The van der Waals surface area contributed by atoms with Crippen LogP contribution in [-0.2, 0) is 6.42 Å². The number of benzene rings is 1. The van der Waals surface area contributed by atoms with Crippen molar-refractivity contribution in [1.29, 1.82) is 5.26 Å². The molecule has 0 fully saturated rings. The molecule has 0 aliphatic heterocycles. The van der Waals surface area contributed by atoms with Crippen LogP contribution in [0.3, 0.4) is 0 Å². The zero-order valence-electron chi connectivity index (χ0n) is 7.77. The van der Waals surface area contributed by atoms with Gasteiger partial charge in [0.15, 0.2) is 5.69 Å². The molecule has 1 aromatic carbocycles. The fourth-order valence-corrected chi connectivity index (χ4v) is 2.23. The minimum atomic E-state index is 0.483. The van der Waals surface area contributed by atoms with Crippen LogP contribution in [0.5, 0.6) is 0 Å². The number of rotatable bonds is 2. The lowest BCUT2D eigenvalue weighted by Crippen LogP contribution is -1.87. The second-order valence-electron chi connectivity index (χ2n) is 3.04. The van der Waals surface area contributed by atoms with Gasteiger partial charge in [-0.15, -0.1) is 11.3 Å². The molecular weight excluding hydrogens is 228 g/mol. The van der Waals surface area contributed by atoms with Gasteiger partial charge < -0.3 is 0 Å². The van der Waals surface area contributed by atoms with Crippen LogP contribution in [0.25, 0.3) is 0 Å². The van der Waals surface area contributed by atoms with E-state index in [0.717, 1.165) is 22.0 Å². The van der Waals surface area contributed by atoms with E-state index in [4.69, 9.17) is 16.9 Å². The predicted molar refractivity (Wildman–Crippen MR) is 61.1 cm³/mol. The van der Waals surface area contributed by atoms with Gasteiger partial charge in [-0.25, -0.2) is 4.98 Å². The second kappa shape index (κ2) is 4.43. The summed E-state index contributed by atoms with van der Waals surface area (Å²) < 4.78 is 0. The Morgan fingerprint density at radius 3 is 3.00 bits per heavy atom. The quantitative estimate of drug-likeness (QED) is 0.800. The summed E-state index contributed by atoms with van der Waals surface area (Å²) in [6.45, 7) is 0. The molecule has 0 saturated carbocycles. The Hall–Kier alpha value is -1.37. The lowest BCUT2D eigenvalue weighted by molar-refractivity contribution is 1.12. The van der Waals surface area contributed by atoms with Crippen LogP contribution in [0.4, 0.5) is 0 Å². The molecule has 4 heteroatoms. The van der Waals surface area contributed by atoms with Crippen LogP contribution in [0.1, 0.15) is 16.3 Å². The van der Waals surface area contributed by atoms with E-state index < -0.39 is 0 Å². The fourth-order valence-electron chi connectivity index (χ4n) is 1.26. The first-order valence-electron chi connectivity index (χ1n) is 4.37. The maximum Gasteiger partial charge on any atom is 0.151 e. The Labute approximate surface area is 96.8 Å². The summed E-state index contributed by atoms with van der Waals surface area (Å²) in [7, 11) is 0. The molecule has 0 spiro atoms. The van der Waals surface area contributed by atoms with Crippen molar-refractivity contribution < 1.29 is 0 Å². The van der Waals surface area contributed by atoms with Crippen molar-refractivity contribution in [1.82, 2.24) is 4.98 Å². The zero-order chi connectivity index (χ0) is 10.7. The van der Waals surface area contributed by atoms with E-state index in [1.54, 1.807) is 5.38 Å². The normalized spacial score (nSPS) is 9.87. The highest BCUT2D eigenvalue weighted by atomic mass is 35.5. The standard InChI is InChI=1S/C11H7ClN2S/c12-9-3-1-2-8(4-9)5-11-14-10(6-13)7-15-11/h1-4,7H,5H2. The number of nitrogens with zero attached hydrogens (tertiary/aromatic N) is 2. The smallest absolute Gasteiger partial charge is 0.151 e. The average molecular weight is 235 g/mol. The molecule has 0 unspecified atom stereocenters. The van der Waals surface area contributed by atoms with Crippen molar-refractivity contribution in [3.8, 4) is 6.07 Å². The largest absolute Gasteiger partial charge is 0.230 e. The minimum absolute atomic E-state index is 0.483. The number of halogens is 1. The highest BCUT2D eigenvalue weighted by Gasteiger charge is 2.02. The van der Waals surface area contributed by atoms with Crippen LogP contribution in [0.2, 0.25) is 5.02 Å². The first-order chi connectivity index (χ1) is 7.28. The van der Waals surface area contributed by atoms with Crippen molar-refractivity contribution in [2.75, 3.05) is 0 Å². The molecule has 0 atom stereocenters. The molecule has 74 valence electrons. The molecule has 0 saturated heterocycles. The van der Waals surface area contributed by atoms with Crippen LogP contribution in [0, 0.1) is 11.3 Å². The van der Waals surface area contributed by atoms with Gasteiger partial charge >= 0.3 is 0 Å². The Kier molecular flexibility index (Phi) is 3.00. The third-order valence-corrected chi connectivity index (χ3v) is 2.99. The fraction of sp³-hybridized carbons (Fsp3) is 0.0909. The van der Waals surface area contributed by atoms with Crippen LogP contribution >= 0.6 is 22.9 Å². The van der Waals surface area contributed by atoms with Crippen LogP contribution in [-0.4, -0.2) is 4.98 Å². The Bertz CT molecular complexity index is 513. The Balaban J connectivity index is 2.19. The molecule has 2 aromatic rings. The zero-order valence-corrected chi connectivity index (χ0v) is 9.35. The van der Waals surface area contributed by atoms with Crippen molar-refractivity contribution in [2.24, 2.45) is 0 Å². The second-order valence-corrected chi connectivity index (χ2v) is 4.42. The van der Waals surface area contributed by atoms with Crippen molar-refractivity contribution in [2.45, 2.75) is 6.42 Å². The van der Waals surface area contributed by atoms with Gasteiger partial charge in [0, 0.05) is 16.8 Å². The minimum Gasteiger partial charge on any atom is -0.230 e. The number of thiazole rings is 1. The molecule has 1 heterocycles. The van der Waals surface area contributed by atoms with E-state index in [9.17, 15) is 0 Å². The van der Waals surface area contributed by atoms with Gasteiger partial charge in [-0.3, -0.25) is 0 Å². The monoisotopic (exact) mass is 234 g/mol. The summed E-state index contributed by atoms with van der Waals surface area (Å²) in [4.78, 5) is 4.17. The maximum atomic E-state index is 8.63. The number of hydrogen-bond donors (Lipinski definition) is 0. The molecule has 1 aromatic heterocycles. The summed E-state index contributed by atoms with van der Waals surface area (Å²) in [5.74, 6) is 0. The Morgan fingerprint density at radius 1 is 1.47 bits per heavy atom. The van der Waals surface area contributed by atoms with E-state index in [1.807, 2.05) is 30.3 Å². The van der Waals surface area contributed by atoms with Gasteiger partial charge in [-0.1, -0.05) is 23.7 Å². The van der Waals surface area contributed by atoms with E-state index >= 15 is 0 Å². The first-order valence-corrected chi connectivity index (χ1v) is 5.62. The molecule has 0 bridgehead atoms. The van der Waals surface area contributed by atoms with E-state index in [1.165, 1.54) is 11.3 Å². The summed E-state index contributed by atoms with van der Waals surface area (Å²) in [5.41, 5.74) is 1.60. The van der Waals surface area contributed by atoms with Crippen LogP contribution < -0.4 is 0 Å². The summed E-state index contributed by atoms with van der Waals surface area (Å²) in [6, 6.07) is 9.68. The maximum absolute atomic E-state index is 8.63. The van der Waals surface area contributed by atoms with Gasteiger partial charge in [0.2, 0.25) is 0 Å². The van der Waals surface area contributed by atoms with Crippen LogP contribution in [0.15, 0.2) is 29.6 Å². The van der Waals surface area contributed by atoms with Gasteiger partial charge in [-0.05, 0) is 17.7 Å². The molecule has 0 aliphatic rings. The molecule has 2 rings (SSSR count). The van der Waals surface area contributed by atoms with Gasteiger partial charge in [0.25, 0.3) is 0 Å². The van der Waals surface area contributed by atoms with Crippen molar-refractivity contribution >= 4 is 22.9 Å². The molecule has 0 amide bonds. The van der Waals surface area contributed by atoms with Crippen molar-refractivity contribution in [3.63, 3.8) is 0 Å². The number of hydrogen-bond acceptors (Lipinski definition) is 3. The highest BCUT2D eigenvalue weighted by molar-refractivity contribution is 7.09. The van der Waals surface area contributed by atoms with E-state index in [2.05, 4.69) is 4.98 Å². The predicted octanol–water partition coefficient (Wildman–Crippen LogP) is 3.26. The third kappa shape index (κ3) is 2.56. The molecule has 0 aliphatic carbocycles. The number of nitriles is 1. The molecule has 0 N–H and O–H groups in total. The third-order valence-electron chi connectivity index (χ3n) is 1.91. The van der Waals surface area contributed by atoms with E-state index in [0.29, 0.717) is 5.69 Å². The molecular formula is C11H7ClN2S. The van der Waals surface area contributed by atoms with Gasteiger partial charge in [0.05, 0.1) is 5.01 Å². The SMILES string of the molecule is N#Cc1csc(Cc2cccc(Cl)c2)n1. The lowest BCUT2D eigenvalue weighted by Gasteiger charge is -1.97. The topological polar surface area (TPSA) is 36.7 Å². The van der Waals surface area contributed by atoms with Gasteiger partial charge in [0.1, 0.15) is 6.07 Å². The van der Waals surface area contributed by atoms with Crippen molar-refractivity contribution in [3.05, 3.63) is 50.9 Å².